The van der Waals surface area contributed by atoms with Crippen molar-refractivity contribution in [1.29, 1.82) is 0 Å². The van der Waals surface area contributed by atoms with Gasteiger partial charge in [0, 0.05) is 13.1 Å². The lowest BCUT2D eigenvalue weighted by Crippen LogP contribution is -2.38. The lowest BCUT2D eigenvalue weighted by Gasteiger charge is -2.18. The van der Waals surface area contributed by atoms with Gasteiger partial charge >= 0.3 is 12.1 Å². The summed E-state index contributed by atoms with van der Waals surface area (Å²) < 4.78 is 36.5. The molecule has 0 aromatic heterocycles. The molecule has 1 saturated heterocycles. The molecule has 1 fully saturated rings. The molecule has 5 nitrogen and oxygen atoms in total. The number of nitrogens with zero attached hydrogens (tertiary/aromatic N) is 1. The molecular weight excluding hydrogens is 265 g/mol. The van der Waals surface area contributed by atoms with E-state index < -0.39 is 30.5 Å². The third-order valence-electron chi connectivity index (χ3n) is 3.10. The predicted molar refractivity (Wildman–Crippen MR) is 60.4 cm³/mol. The van der Waals surface area contributed by atoms with Crippen molar-refractivity contribution >= 4 is 11.9 Å². The van der Waals surface area contributed by atoms with Crippen LogP contribution in [0.5, 0.6) is 0 Å². The fourth-order valence-corrected chi connectivity index (χ4v) is 1.99. The number of halogens is 3. The highest BCUT2D eigenvalue weighted by Gasteiger charge is 2.34. The first-order valence-corrected chi connectivity index (χ1v) is 5.98. The summed E-state index contributed by atoms with van der Waals surface area (Å²) in [4.78, 5) is 23.2. The molecule has 8 heteroatoms. The molecule has 0 aromatic carbocycles. The normalized spacial score (nSPS) is 22.2. The maximum atomic E-state index is 12.2. The van der Waals surface area contributed by atoms with E-state index >= 15 is 0 Å². The van der Waals surface area contributed by atoms with Crippen molar-refractivity contribution in [2.45, 2.75) is 19.5 Å². The van der Waals surface area contributed by atoms with Crippen molar-refractivity contribution in [2.75, 3.05) is 26.2 Å². The van der Waals surface area contributed by atoms with Crippen LogP contribution in [-0.4, -0.2) is 54.2 Å². The number of carboxylic acid groups (broad SMARTS) is 1. The van der Waals surface area contributed by atoms with Gasteiger partial charge in [0.05, 0.1) is 6.54 Å². The molecule has 0 radical (unpaired) electrons. The first-order valence-electron chi connectivity index (χ1n) is 5.98. The van der Waals surface area contributed by atoms with Gasteiger partial charge in [0.1, 0.15) is 5.92 Å². The average Bonchev–Trinajstić information content (AvgIpc) is 2.69. The van der Waals surface area contributed by atoms with E-state index in [1.165, 1.54) is 11.8 Å². The fraction of sp³-hybridized carbons (Fsp3) is 0.818. The second kappa shape index (κ2) is 6.23. The number of carbonyl (C=O) groups is 2. The minimum Gasteiger partial charge on any atom is -0.481 e. The number of amides is 1. The van der Waals surface area contributed by atoms with Crippen LogP contribution in [0.4, 0.5) is 13.2 Å². The van der Waals surface area contributed by atoms with Gasteiger partial charge in [-0.15, -0.1) is 0 Å². The highest BCUT2D eigenvalue weighted by atomic mass is 19.4. The summed E-state index contributed by atoms with van der Waals surface area (Å²) in [7, 11) is 0. The standard InChI is InChI=1S/C11H17F3N2O3/c1-7(10(18)19)9(17)15-4-8-2-3-16(5-8)6-11(12,13)14/h7-8H,2-6H2,1H3,(H,15,17)(H,18,19). The smallest absolute Gasteiger partial charge is 0.401 e. The van der Waals surface area contributed by atoms with Crippen LogP contribution in [0.15, 0.2) is 0 Å². The Hall–Kier alpha value is -1.31. The molecule has 0 aliphatic carbocycles. The monoisotopic (exact) mass is 282 g/mol. The fourth-order valence-electron chi connectivity index (χ4n) is 1.99. The van der Waals surface area contributed by atoms with Gasteiger partial charge in [-0.2, -0.15) is 13.2 Å². The Balaban J connectivity index is 2.29. The molecule has 1 aliphatic rings. The molecule has 0 bridgehead atoms. The second-order valence-electron chi connectivity index (χ2n) is 4.81. The van der Waals surface area contributed by atoms with Gasteiger partial charge < -0.3 is 10.4 Å². The molecule has 110 valence electrons. The third-order valence-corrected chi connectivity index (χ3v) is 3.10. The van der Waals surface area contributed by atoms with Crippen molar-refractivity contribution in [3.63, 3.8) is 0 Å². The van der Waals surface area contributed by atoms with E-state index in [0.717, 1.165) is 0 Å². The topological polar surface area (TPSA) is 69.6 Å². The molecule has 0 spiro atoms. The number of rotatable bonds is 5. The van der Waals surface area contributed by atoms with Crippen LogP contribution in [0.1, 0.15) is 13.3 Å². The molecule has 0 aromatic rings. The van der Waals surface area contributed by atoms with Crippen LogP contribution in [-0.2, 0) is 9.59 Å². The van der Waals surface area contributed by atoms with E-state index in [1.54, 1.807) is 0 Å². The lowest BCUT2D eigenvalue weighted by atomic mass is 10.1. The number of alkyl halides is 3. The summed E-state index contributed by atoms with van der Waals surface area (Å²) in [5.74, 6) is -3.04. The maximum Gasteiger partial charge on any atom is 0.401 e. The highest BCUT2D eigenvalue weighted by Crippen LogP contribution is 2.22. The van der Waals surface area contributed by atoms with E-state index in [-0.39, 0.29) is 19.0 Å². The Labute approximate surface area is 108 Å². The summed E-state index contributed by atoms with van der Waals surface area (Å²) in [5.41, 5.74) is 0. The number of carbonyl (C=O) groups excluding carboxylic acids is 1. The molecule has 1 aliphatic heterocycles. The molecular formula is C11H17F3N2O3. The first-order chi connectivity index (χ1) is 8.69. The molecule has 1 rings (SSSR count). The van der Waals surface area contributed by atoms with E-state index in [4.69, 9.17) is 5.11 Å². The number of hydrogen-bond donors (Lipinski definition) is 2. The molecule has 1 amide bonds. The van der Waals surface area contributed by atoms with Gasteiger partial charge in [0.2, 0.25) is 5.91 Å². The number of aliphatic carboxylic acids is 1. The van der Waals surface area contributed by atoms with Crippen LogP contribution in [0.3, 0.4) is 0 Å². The quantitative estimate of drug-likeness (QED) is 0.729. The Morgan fingerprint density at radius 1 is 1.47 bits per heavy atom. The van der Waals surface area contributed by atoms with E-state index in [1.807, 2.05) is 0 Å². The molecule has 2 unspecified atom stereocenters. The zero-order chi connectivity index (χ0) is 14.6. The number of nitrogens with one attached hydrogen (secondary N) is 1. The summed E-state index contributed by atoms with van der Waals surface area (Å²) >= 11 is 0. The number of likely N-dealkylation sites (tertiary alicyclic amines) is 1. The van der Waals surface area contributed by atoms with Crippen LogP contribution in [0.2, 0.25) is 0 Å². The lowest BCUT2D eigenvalue weighted by molar-refractivity contribution is -0.147. The highest BCUT2D eigenvalue weighted by molar-refractivity contribution is 5.96. The van der Waals surface area contributed by atoms with Crippen molar-refractivity contribution < 1.29 is 27.9 Å². The van der Waals surface area contributed by atoms with Gasteiger partial charge in [-0.1, -0.05) is 0 Å². The summed E-state index contributed by atoms with van der Waals surface area (Å²) in [5, 5.41) is 11.1. The number of hydrogen-bond acceptors (Lipinski definition) is 3. The van der Waals surface area contributed by atoms with Crippen molar-refractivity contribution in [2.24, 2.45) is 11.8 Å². The minimum absolute atomic E-state index is 0.0627. The molecule has 2 N–H and O–H groups in total. The zero-order valence-corrected chi connectivity index (χ0v) is 10.5. The third kappa shape index (κ3) is 5.46. The van der Waals surface area contributed by atoms with Gasteiger partial charge in [0.25, 0.3) is 0 Å². The van der Waals surface area contributed by atoms with E-state index in [2.05, 4.69) is 5.32 Å². The molecule has 0 saturated carbocycles. The maximum absolute atomic E-state index is 12.2. The average molecular weight is 282 g/mol. The van der Waals surface area contributed by atoms with E-state index in [0.29, 0.717) is 13.0 Å². The Morgan fingerprint density at radius 2 is 2.11 bits per heavy atom. The number of carboxylic acids is 1. The van der Waals surface area contributed by atoms with Gasteiger partial charge in [0.15, 0.2) is 0 Å². The van der Waals surface area contributed by atoms with Crippen LogP contribution in [0, 0.1) is 11.8 Å². The summed E-state index contributed by atoms with van der Waals surface area (Å²) in [6.45, 7) is 1.14. The van der Waals surface area contributed by atoms with Crippen LogP contribution in [0.25, 0.3) is 0 Å². The van der Waals surface area contributed by atoms with Crippen molar-refractivity contribution in [3.8, 4) is 0 Å². The predicted octanol–water partition coefficient (Wildman–Crippen LogP) is 0.707. The Kier molecular flexibility index (Phi) is 5.16. The molecule has 19 heavy (non-hydrogen) atoms. The molecule has 2 atom stereocenters. The van der Waals surface area contributed by atoms with Crippen molar-refractivity contribution in [1.82, 2.24) is 10.2 Å². The largest absolute Gasteiger partial charge is 0.481 e. The Morgan fingerprint density at radius 3 is 2.63 bits per heavy atom. The second-order valence-corrected chi connectivity index (χ2v) is 4.81. The SMILES string of the molecule is CC(C(=O)O)C(=O)NCC1CCN(CC(F)(F)F)C1. The summed E-state index contributed by atoms with van der Waals surface area (Å²) in [6.07, 6.45) is -3.65. The van der Waals surface area contributed by atoms with E-state index in [9.17, 15) is 22.8 Å². The van der Waals surface area contributed by atoms with Gasteiger partial charge in [-0.05, 0) is 25.8 Å². The van der Waals surface area contributed by atoms with Gasteiger partial charge in [-0.25, -0.2) is 0 Å². The zero-order valence-electron chi connectivity index (χ0n) is 10.5. The summed E-state index contributed by atoms with van der Waals surface area (Å²) in [6, 6.07) is 0. The van der Waals surface area contributed by atoms with Crippen LogP contribution >= 0.6 is 0 Å². The minimum atomic E-state index is -4.21. The van der Waals surface area contributed by atoms with Gasteiger partial charge in [-0.3, -0.25) is 14.5 Å². The van der Waals surface area contributed by atoms with Crippen LogP contribution < -0.4 is 5.32 Å². The Bertz CT molecular complexity index is 347. The van der Waals surface area contributed by atoms with Crippen molar-refractivity contribution in [3.05, 3.63) is 0 Å². The molecule has 1 heterocycles. The first kappa shape index (κ1) is 15.7.